The molecule has 2 aromatic carbocycles. The van der Waals surface area contributed by atoms with Crippen molar-refractivity contribution < 1.29 is 4.79 Å². The Hall–Kier alpha value is -1.71. The predicted molar refractivity (Wildman–Crippen MR) is 86.3 cm³/mol. The Morgan fingerprint density at radius 1 is 1.14 bits per heavy atom. The average Bonchev–Trinajstić information content (AvgIpc) is 2.47. The van der Waals surface area contributed by atoms with Crippen LogP contribution in [0.2, 0.25) is 10.0 Å². The van der Waals surface area contributed by atoms with Crippen molar-refractivity contribution in [3.05, 3.63) is 63.1 Å². The average molecular weight is 321 g/mol. The topological polar surface area (TPSA) is 41.1 Å². The number of hydrogen-bond donors (Lipinski definition) is 2. The molecule has 3 nitrogen and oxygen atoms in total. The molecule has 0 fully saturated rings. The summed E-state index contributed by atoms with van der Waals surface area (Å²) in [5.41, 5.74) is 3.54. The molecule has 0 aromatic heterocycles. The van der Waals surface area contributed by atoms with Gasteiger partial charge in [0, 0.05) is 39.9 Å². The van der Waals surface area contributed by atoms with Crippen molar-refractivity contribution in [1.29, 1.82) is 0 Å². The molecule has 0 unspecified atom stereocenters. The first-order valence-electron chi connectivity index (χ1n) is 6.73. The molecule has 0 saturated heterocycles. The maximum atomic E-state index is 11.8. The second kappa shape index (κ2) is 5.96. The van der Waals surface area contributed by atoms with Crippen LogP contribution in [0.1, 0.15) is 21.5 Å². The van der Waals surface area contributed by atoms with Crippen molar-refractivity contribution in [2.75, 3.05) is 11.9 Å². The van der Waals surface area contributed by atoms with E-state index in [9.17, 15) is 4.79 Å². The zero-order chi connectivity index (χ0) is 14.8. The van der Waals surface area contributed by atoms with Crippen LogP contribution in [-0.2, 0) is 13.0 Å². The molecule has 0 saturated carbocycles. The zero-order valence-corrected chi connectivity index (χ0v) is 12.8. The van der Waals surface area contributed by atoms with Gasteiger partial charge in [-0.2, -0.15) is 0 Å². The summed E-state index contributed by atoms with van der Waals surface area (Å²) < 4.78 is 0. The van der Waals surface area contributed by atoms with E-state index in [-0.39, 0.29) is 5.91 Å². The Morgan fingerprint density at radius 2 is 1.90 bits per heavy atom. The van der Waals surface area contributed by atoms with Crippen LogP contribution >= 0.6 is 23.2 Å². The van der Waals surface area contributed by atoms with Crippen molar-refractivity contribution in [2.45, 2.75) is 13.0 Å². The van der Waals surface area contributed by atoms with E-state index in [2.05, 4.69) is 10.6 Å². The van der Waals surface area contributed by atoms with E-state index in [1.807, 2.05) is 36.4 Å². The summed E-state index contributed by atoms with van der Waals surface area (Å²) >= 11 is 12.3. The molecule has 0 aliphatic carbocycles. The van der Waals surface area contributed by atoms with Gasteiger partial charge in [-0.05, 0) is 36.2 Å². The van der Waals surface area contributed by atoms with E-state index in [0.29, 0.717) is 23.1 Å². The summed E-state index contributed by atoms with van der Waals surface area (Å²) in [4.78, 5) is 11.8. The maximum absolute atomic E-state index is 11.8. The van der Waals surface area contributed by atoms with Crippen LogP contribution in [0.3, 0.4) is 0 Å². The highest BCUT2D eigenvalue weighted by Crippen LogP contribution is 2.26. The minimum Gasteiger partial charge on any atom is -0.381 e. The lowest BCUT2D eigenvalue weighted by Crippen LogP contribution is -2.31. The SMILES string of the molecule is O=C1NCCc2ccc(NCc3c(Cl)cccc3Cl)cc21. The second-order valence-electron chi connectivity index (χ2n) is 4.93. The van der Waals surface area contributed by atoms with E-state index in [1.165, 1.54) is 0 Å². The van der Waals surface area contributed by atoms with E-state index in [0.717, 1.165) is 28.8 Å². The van der Waals surface area contributed by atoms with E-state index < -0.39 is 0 Å². The minimum absolute atomic E-state index is 0.0179. The number of hydrogen-bond acceptors (Lipinski definition) is 2. The standard InChI is InChI=1S/C16H14Cl2N2O/c17-14-2-1-3-15(18)13(14)9-20-11-5-4-10-6-7-19-16(21)12(10)8-11/h1-5,8,20H,6-7,9H2,(H,19,21). The minimum atomic E-state index is -0.0179. The molecule has 0 bridgehead atoms. The molecule has 2 N–H and O–H groups in total. The highest BCUT2D eigenvalue weighted by Gasteiger charge is 2.16. The van der Waals surface area contributed by atoms with Crippen LogP contribution in [0.15, 0.2) is 36.4 Å². The molecule has 0 atom stereocenters. The molecular weight excluding hydrogens is 307 g/mol. The molecule has 2 aromatic rings. The smallest absolute Gasteiger partial charge is 0.251 e. The normalized spacial score (nSPS) is 13.5. The lowest BCUT2D eigenvalue weighted by atomic mass is 10.00. The monoisotopic (exact) mass is 320 g/mol. The van der Waals surface area contributed by atoms with Crippen molar-refractivity contribution in [3.8, 4) is 0 Å². The van der Waals surface area contributed by atoms with Crippen LogP contribution < -0.4 is 10.6 Å². The number of carbonyl (C=O) groups is 1. The van der Waals surface area contributed by atoms with E-state index in [4.69, 9.17) is 23.2 Å². The summed E-state index contributed by atoms with van der Waals surface area (Å²) in [6.07, 6.45) is 0.873. The number of benzene rings is 2. The van der Waals surface area contributed by atoms with Gasteiger partial charge in [0.05, 0.1) is 0 Å². The molecule has 1 aliphatic rings. The Morgan fingerprint density at radius 3 is 2.67 bits per heavy atom. The molecule has 1 heterocycles. The van der Waals surface area contributed by atoms with Gasteiger partial charge in [0.2, 0.25) is 0 Å². The first kappa shape index (κ1) is 14.2. The summed E-state index contributed by atoms with van der Waals surface area (Å²) in [5.74, 6) is -0.0179. The van der Waals surface area contributed by atoms with E-state index >= 15 is 0 Å². The fourth-order valence-corrected chi connectivity index (χ4v) is 2.94. The fraction of sp³-hybridized carbons (Fsp3) is 0.188. The van der Waals surface area contributed by atoms with Gasteiger partial charge in [-0.15, -0.1) is 0 Å². The number of carbonyl (C=O) groups excluding carboxylic acids is 1. The Balaban J connectivity index is 1.80. The van der Waals surface area contributed by atoms with Gasteiger partial charge in [0.1, 0.15) is 0 Å². The van der Waals surface area contributed by atoms with Gasteiger partial charge in [0.15, 0.2) is 0 Å². The quantitative estimate of drug-likeness (QED) is 0.900. The number of rotatable bonds is 3. The van der Waals surface area contributed by atoms with Gasteiger partial charge in [0.25, 0.3) is 5.91 Å². The van der Waals surface area contributed by atoms with Crippen molar-refractivity contribution in [2.24, 2.45) is 0 Å². The number of nitrogens with one attached hydrogen (secondary N) is 2. The van der Waals surface area contributed by atoms with Crippen LogP contribution in [0.4, 0.5) is 5.69 Å². The molecule has 0 radical (unpaired) electrons. The number of amides is 1. The highest BCUT2D eigenvalue weighted by atomic mass is 35.5. The second-order valence-corrected chi connectivity index (χ2v) is 5.75. The molecule has 0 spiro atoms. The van der Waals surface area contributed by atoms with Gasteiger partial charge < -0.3 is 10.6 Å². The first-order valence-corrected chi connectivity index (χ1v) is 7.48. The lowest BCUT2D eigenvalue weighted by Gasteiger charge is -2.18. The number of fused-ring (bicyclic) bond motifs is 1. The molecule has 21 heavy (non-hydrogen) atoms. The van der Waals surface area contributed by atoms with Gasteiger partial charge in [-0.1, -0.05) is 35.3 Å². The third-order valence-corrected chi connectivity index (χ3v) is 4.27. The first-order chi connectivity index (χ1) is 10.1. The van der Waals surface area contributed by atoms with Crippen molar-refractivity contribution >= 4 is 34.8 Å². The van der Waals surface area contributed by atoms with Crippen LogP contribution in [0, 0.1) is 0 Å². The summed E-state index contributed by atoms with van der Waals surface area (Å²) in [6, 6.07) is 11.3. The molecular formula is C16H14Cl2N2O. The number of anilines is 1. The lowest BCUT2D eigenvalue weighted by molar-refractivity contribution is 0.0946. The van der Waals surface area contributed by atoms with Gasteiger partial charge in [-0.25, -0.2) is 0 Å². The zero-order valence-electron chi connectivity index (χ0n) is 11.2. The molecule has 3 rings (SSSR count). The highest BCUT2D eigenvalue weighted by molar-refractivity contribution is 6.36. The third-order valence-electron chi connectivity index (χ3n) is 3.57. The van der Waals surface area contributed by atoms with Crippen LogP contribution in [0.25, 0.3) is 0 Å². The molecule has 5 heteroatoms. The van der Waals surface area contributed by atoms with Gasteiger partial charge >= 0.3 is 0 Å². The molecule has 1 aliphatic heterocycles. The maximum Gasteiger partial charge on any atom is 0.251 e. The Labute approximate surface area is 133 Å². The van der Waals surface area contributed by atoms with Crippen LogP contribution in [-0.4, -0.2) is 12.5 Å². The third kappa shape index (κ3) is 2.99. The van der Waals surface area contributed by atoms with E-state index in [1.54, 1.807) is 0 Å². The molecule has 1 amide bonds. The number of halogens is 2. The largest absolute Gasteiger partial charge is 0.381 e. The molecule has 108 valence electrons. The van der Waals surface area contributed by atoms with Crippen molar-refractivity contribution in [1.82, 2.24) is 5.32 Å². The summed E-state index contributed by atoms with van der Waals surface area (Å²) in [6.45, 7) is 1.22. The van der Waals surface area contributed by atoms with Crippen molar-refractivity contribution in [3.63, 3.8) is 0 Å². The predicted octanol–water partition coefficient (Wildman–Crippen LogP) is 3.89. The van der Waals surface area contributed by atoms with Gasteiger partial charge in [-0.3, -0.25) is 4.79 Å². The van der Waals surface area contributed by atoms with Crippen LogP contribution in [0.5, 0.6) is 0 Å². The Bertz CT molecular complexity index is 680. The summed E-state index contributed by atoms with van der Waals surface area (Å²) in [5, 5.41) is 7.37. The Kier molecular flexibility index (Phi) is 4.04. The fourth-order valence-electron chi connectivity index (χ4n) is 2.41. The summed E-state index contributed by atoms with van der Waals surface area (Å²) in [7, 11) is 0.